The van der Waals surface area contributed by atoms with Gasteiger partial charge in [-0.2, -0.15) is 0 Å². The molecule has 2 heterocycles. The van der Waals surface area contributed by atoms with E-state index in [9.17, 15) is 0 Å². The number of hydrogen-bond acceptors (Lipinski definition) is 2. The Balaban J connectivity index is 1.28. The van der Waals surface area contributed by atoms with Crippen LogP contribution in [0.1, 0.15) is 26.3 Å². The minimum absolute atomic E-state index is 0.357. The smallest absolute Gasteiger partial charge is 0.113 e. The first kappa shape index (κ1) is 29.7. The van der Waals surface area contributed by atoms with E-state index in [1.165, 1.54) is 65.6 Å². The SMILES string of the molecule is CC(=NC(C)(C)c1ccccc1)n1c2ccccc2c2cc3c(cc21)-c1ccc(-c2cccc(-c4ccccc4S)c2)cc1[Si]3(C)C. The first-order chi connectivity index (χ1) is 22.6. The summed E-state index contributed by atoms with van der Waals surface area (Å²) in [5.41, 5.74) is 10.9. The number of hydrogen-bond donors (Lipinski definition) is 1. The van der Waals surface area contributed by atoms with Gasteiger partial charge in [0.1, 0.15) is 13.9 Å². The van der Waals surface area contributed by atoms with Crippen LogP contribution < -0.4 is 10.4 Å². The lowest BCUT2D eigenvalue weighted by atomic mass is 9.95. The van der Waals surface area contributed by atoms with Crippen molar-refractivity contribution < 1.29 is 0 Å². The summed E-state index contributed by atoms with van der Waals surface area (Å²) in [5.74, 6) is 0.998. The van der Waals surface area contributed by atoms with Crippen LogP contribution in [-0.4, -0.2) is 18.5 Å². The Labute approximate surface area is 283 Å². The van der Waals surface area contributed by atoms with Gasteiger partial charge in [0.05, 0.1) is 16.6 Å². The van der Waals surface area contributed by atoms with Gasteiger partial charge in [0, 0.05) is 15.7 Å². The molecule has 1 aromatic heterocycles. The second kappa shape index (κ2) is 11.0. The number of nitrogens with zero attached hydrogens (tertiary/aromatic N) is 2. The average Bonchev–Trinajstić information content (AvgIpc) is 3.52. The van der Waals surface area contributed by atoms with Crippen LogP contribution in [-0.2, 0) is 5.54 Å². The molecule has 0 atom stereocenters. The molecule has 0 unspecified atom stereocenters. The van der Waals surface area contributed by atoms with Crippen LogP contribution >= 0.6 is 12.6 Å². The van der Waals surface area contributed by atoms with Crippen molar-refractivity contribution in [1.82, 2.24) is 4.57 Å². The first-order valence-electron chi connectivity index (χ1n) is 16.4. The largest absolute Gasteiger partial charge is 0.298 e. The summed E-state index contributed by atoms with van der Waals surface area (Å²) in [6.07, 6.45) is 0. The molecule has 0 fully saturated rings. The molecule has 0 saturated heterocycles. The molecule has 0 N–H and O–H groups in total. The number of thiol groups is 1. The van der Waals surface area contributed by atoms with Crippen molar-refractivity contribution in [3.63, 3.8) is 0 Å². The third kappa shape index (κ3) is 4.81. The van der Waals surface area contributed by atoms with E-state index in [0.717, 1.165) is 16.3 Å². The standard InChI is InChI=1S/C43H38N2SSi/c1-28(44-43(2,3)32-16-7-6-8-17-32)45-38-20-11-9-19-34(38)36-27-42-37(26-39(36)45)35-23-22-30(25-41(35)47(42,4)5)29-14-13-15-31(24-29)33-18-10-12-21-40(33)46/h6-27,46H,1-5H3. The Kier molecular flexibility index (Phi) is 6.94. The van der Waals surface area contributed by atoms with Crippen molar-refractivity contribution in [3.05, 3.63) is 139 Å². The van der Waals surface area contributed by atoms with Gasteiger partial charge in [-0.3, -0.25) is 9.56 Å². The average molecular weight is 643 g/mol. The molecule has 0 saturated carbocycles. The van der Waals surface area contributed by atoms with Crippen LogP contribution in [0, 0.1) is 0 Å². The molecule has 8 rings (SSSR count). The molecule has 4 heteroatoms. The monoisotopic (exact) mass is 642 g/mol. The molecule has 0 spiro atoms. The Morgan fingerprint density at radius 3 is 2.09 bits per heavy atom. The van der Waals surface area contributed by atoms with Gasteiger partial charge in [-0.1, -0.05) is 122 Å². The number of fused-ring (bicyclic) bond motifs is 6. The summed E-state index contributed by atoms with van der Waals surface area (Å²) in [6.45, 7) is 11.6. The number of aliphatic imine (C=N–C) groups is 1. The summed E-state index contributed by atoms with van der Waals surface area (Å²) in [6, 6.07) is 48.7. The highest BCUT2D eigenvalue weighted by atomic mass is 32.1. The van der Waals surface area contributed by atoms with E-state index in [-0.39, 0.29) is 5.54 Å². The lowest BCUT2D eigenvalue weighted by Gasteiger charge is -2.22. The third-order valence-electron chi connectivity index (χ3n) is 10.1. The fourth-order valence-corrected chi connectivity index (χ4v) is 11.0. The topological polar surface area (TPSA) is 17.3 Å². The van der Waals surface area contributed by atoms with Gasteiger partial charge in [-0.05, 0) is 94.4 Å². The minimum atomic E-state index is -1.99. The fourth-order valence-electron chi connectivity index (χ4n) is 7.67. The summed E-state index contributed by atoms with van der Waals surface area (Å²) in [7, 11) is -1.99. The zero-order valence-electron chi connectivity index (χ0n) is 27.5. The number of rotatable bonds is 4. The van der Waals surface area contributed by atoms with Crippen molar-refractivity contribution in [2.75, 3.05) is 0 Å². The van der Waals surface area contributed by atoms with Crippen molar-refractivity contribution in [1.29, 1.82) is 0 Å². The molecule has 1 aliphatic heterocycles. The molecular weight excluding hydrogens is 605 g/mol. The van der Waals surface area contributed by atoms with E-state index in [1.807, 2.05) is 6.07 Å². The van der Waals surface area contributed by atoms with Crippen LogP contribution in [0.2, 0.25) is 13.1 Å². The highest BCUT2D eigenvalue weighted by Crippen LogP contribution is 2.38. The second-order valence-electron chi connectivity index (χ2n) is 13.8. The predicted octanol–water partition coefficient (Wildman–Crippen LogP) is 10.4. The maximum absolute atomic E-state index is 5.35. The van der Waals surface area contributed by atoms with Crippen molar-refractivity contribution in [3.8, 4) is 33.4 Å². The van der Waals surface area contributed by atoms with Gasteiger partial charge in [0.25, 0.3) is 0 Å². The highest BCUT2D eigenvalue weighted by molar-refractivity contribution is 7.80. The molecule has 7 aromatic rings. The van der Waals surface area contributed by atoms with E-state index in [0.29, 0.717) is 0 Å². The van der Waals surface area contributed by atoms with E-state index in [1.54, 1.807) is 0 Å². The lowest BCUT2D eigenvalue weighted by Crippen LogP contribution is -2.49. The summed E-state index contributed by atoms with van der Waals surface area (Å²) in [5, 5.41) is 5.60. The lowest BCUT2D eigenvalue weighted by molar-refractivity contribution is 0.555. The van der Waals surface area contributed by atoms with Gasteiger partial charge in [-0.25, -0.2) is 0 Å². The van der Waals surface area contributed by atoms with Crippen LogP contribution in [0.25, 0.3) is 55.2 Å². The number of para-hydroxylation sites is 1. The highest BCUT2D eigenvalue weighted by Gasteiger charge is 2.38. The molecule has 230 valence electrons. The quantitative estimate of drug-likeness (QED) is 0.0852. The van der Waals surface area contributed by atoms with Crippen molar-refractivity contribution in [2.24, 2.45) is 4.99 Å². The molecular formula is C43H38N2SSi. The van der Waals surface area contributed by atoms with Crippen LogP contribution in [0.4, 0.5) is 0 Å². The van der Waals surface area contributed by atoms with Gasteiger partial charge >= 0.3 is 0 Å². The number of aromatic nitrogens is 1. The van der Waals surface area contributed by atoms with Gasteiger partial charge in [0.15, 0.2) is 0 Å². The van der Waals surface area contributed by atoms with Crippen LogP contribution in [0.3, 0.4) is 0 Å². The Morgan fingerprint density at radius 1 is 0.596 bits per heavy atom. The maximum Gasteiger partial charge on any atom is 0.113 e. The first-order valence-corrected chi connectivity index (χ1v) is 19.8. The van der Waals surface area contributed by atoms with Gasteiger partial charge < -0.3 is 0 Å². The summed E-state index contributed by atoms with van der Waals surface area (Å²) in [4.78, 5) is 6.35. The Hall–Kier alpha value is -4.64. The maximum atomic E-state index is 5.35. The third-order valence-corrected chi connectivity index (χ3v) is 14.0. The molecule has 0 amide bonds. The number of benzene rings is 6. The normalized spacial score (nSPS) is 14.0. The van der Waals surface area contributed by atoms with E-state index < -0.39 is 8.07 Å². The zero-order valence-corrected chi connectivity index (χ0v) is 29.4. The van der Waals surface area contributed by atoms with E-state index >= 15 is 0 Å². The summed E-state index contributed by atoms with van der Waals surface area (Å²) >= 11 is 4.73. The Morgan fingerprint density at radius 2 is 1.28 bits per heavy atom. The molecule has 47 heavy (non-hydrogen) atoms. The van der Waals surface area contributed by atoms with Crippen LogP contribution in [0.15, 0.2) is 143 Å². The van der Waals surface area contributed by atoms with E-state index in [2.05, 4.69) is 166 Å². The minimum Gasteiger partial charge on any atom is -0.298 e. The zero-order chi connectivity index (χ0) is 32.5. The molecule has 0 bridgehead atoms. The van der Waals surface area contributed by atoms with E-state index in [4.69, 9.17) is 17.6 Å². The molecule has 6 aromatic carbocycles. The Bertz CT molecular complexity index is 2380. The molecule has 0 aliphatic carbocycles. The van der Waals surface area contributed by atoms with Gasteiger partial charge in [-0.15, -0.1) is 12.6 Å². The van der Waals surface area contributed by atoms with Crippen molar-refractivity contribution in [2.45, 2.75) is 44.3 Å². The summed E-state index contributed by atoms with van der Waals surface area (Å²) < 4.78 is 2.38. The predicted molar refractivity (Wildman–Crippen MR) is 208 cm³/mol. The molecule has 2 nitrogen and oxygen atoms in total. The van der Waals surface area contributed by atoms with Gasteiger partial charge in [0.2, 0.25) is 0 Å². The fraction of sp³-hybridized carbons (Fsp3) is 0.140. The van der Waals surface area contributed by atoms with Crippen molar-refractivity contribution >= 4 is 58.7 Å². The molecule has 0 radical (unpaired) electrons. The van der Waals surface area contributed by atoms with Crippen LogP contribution in [0.5, 0.6) is 0 Å². The molecule has 1 aliphatic rings. The second-order valence-corrected chi connectivity index (χ2v) is 18.6.